The minimum Gasteiger partial charge on any atom is -0.475 e. The van der Waals surface area contributed by atoms with Crippen molar-refractivity contribution in [2.24, 2.45) is 0 Å². The Kier molecular flexibility index (Phi) is 3.68. The fourth-order valence-corrected chi connectivity index (χ4v) is 1.97. The normalized spacial score (nSPS) is 10.6. The predicted molar refractivity (Wildman–Crippen MR) is 70.4 cm³/mol. The summed E-state index contributed by atoms with van der Waals surface area (Å²) in [6.07, 6.45) is 0.584. The van der Waals surface area contributed by atoms with Crippen LogP contribution in [0.25, 0.3) is 5.69 Å². The summed E-state index contributed by atoms with van der Waals surface area (Å²) in [5.74, 6) is -0.768. The van der Waals surface area contributed by atoms with Gasteiger partial charge in [0, 0.05) is 10.9 Å². The van der Waals surface area contributed by atoms with Crippen molar-refractivity contribution in [1.82, 2.24) is 14.8 Å². The van der Waals surface area contributed by atoms with E-state index in [1.807, 2.05) is 6.92 Å². The lowest BCUT2D eigenvalue weighted by Crippen LogP contribution is -2.03. The van der Waals surface area contributed by atoms with Gasteiger partial charge in [0.1, 0.15) is 5.82 Å². The molecule has 0 aliphatic carbocycles. The third-order valence-corrected chi connectivity index (χ3v) is 3.54. The average molecular weight is 331 g/mol. The summed E-state index contributed by atoms with van der Waals surface area (Å²) in [5, 5.41) is 13.4. The van der Waals surface area contributed by atoms with E-state index < -0.39 is 5.97 Å². The van der Waals surface area contributed by atoms with Crippen molar-refractivity contribution in [2.45, 2.75) is 13.3 Å². The molecule has 0 bridgehead atoms. The summed E-state index contributed by atoms with van der Waals surface area (Å²) in [7, 11) is 0. The van der Waals surface area contributed by atoms with Crippen LogP contribution in [0.15, 0.2) is 22.7 Å². The number of aryl methyl sites for hydroxylation is 1. The topological polar surface area (TPSA) is 68.0 Å². The van der Waals surface area contributed by atoms with E-state index in [1.54, 1.807) is 18.2 Å². The summed E-state index contributed by atoms with van der Waals surface area (Å²) in [6.45, 7) is 1.89. The summed E-state index contributed by atoms with van der Waals surface area (Å²) in [5.41, 5.74) is 0.711. The number of benzene rings is 1. The molecule has 1 heterocycles. The number of aromatic carboxylic acids is 1. The van der Waals surface area contributed by atoms with Gasteiger partial charge in [0.2, 0.25) is 0 Å². The fourth-order valence-electron chi connectivity index (χ4n) is 1.49. The summed E-state index contributed by atoms with van der Waals surface area (Å²) in [6, 6.07) is 5.23. The lowest BCUT2D eigenvalue weighted by molar-refractivity contribution is 0.0683. The van der Waals surface area contributed by atoms with E-state index in [-0.39, 0.29) is 5.82 Å². The largest absolute Gasteiger partial charge is 0.475 e. The fraction of sp³-hybridized carbons (Fsp3) is 0.182. The Hall–Kier alpha value is -1.40. The molecule has 94 valence electrons. The van der Waals surface area contributed by atoms with Crippen molar-refractivity contribution in [2.75, 3.05) is 0 Å². The molecular weight excluding hydrogens is 321 g/mol. The summed E-state index contributed by atoms with van der Waals surface area (Å²) >= 11 is 9.23. The van der Waals surface area contributed by atoms with E-state index >= 15 is 0 Å². The number of nitrogens with zero attached hydrogens (tertiary/aromatic N) is 3. The Morgan fingerprint density at radius 1 is 1.56 bits per heavy atom. The molecule has 0 radical (unpaired) electrons. The van der Waals surface area contributed by atoms with Crippen molar-refractivity contribution in [1.29, 1.82) is 0 Å². The first-order chi connectivity index (χ1) is 8.52. The van der Waals surface area contributed by atoms with E-state index in [1.165, 1.54) is 4.68 Å². The van der Waals surface area contributed by atoms with Gasteiger partial charge in [-0.15, -0.1) is 5.10 Å². The quantitative estimate of drug-likeness (QED) is 0.939. The van der Waals surface area contributed by atoms with E-state index in [0.29, 0.717) is 23.0 Å². The first-order valence-corrected chi connectivity index (χ1v) is 6.34. The maximum atomic E-state index is 10.9. The zero-order valence-corrected chi connectivity index (χ0v) is 11.7. The Morgan fingerprint density at radius 3 is 2.83 bits per heavy atom. The molecule has 2 rings (SSSR count). The van der Waals surface area contributed by atoms with Crippen molar-refractivity contribution in [3.63, 3.8) is 0 Å². The first kappa shape index (κ1) is 13.0. The molecule has 1 aromatic heterocycles. The Morgan fingerprint density at radius 2 is 2.28 bits per heavy atom. The Bertz CT molecular complexity index is 612. The zero-order chi connectivity index (χ0) is 13.3. The van der Waals surface area contributed by atoms with Crippen LogP contribution in [-0.2, 0) is 6.42 Å². The number of carbonyl (C=O) groups is 1. The second kappa shape index (κ2) is 5.07. The van der Waals surface area contributed by atoms with Crippen LogP contribution < -0.4 is 0 Å². The monoisotopic (exact) mass is 329 g/mol. The number of carboxylic acids is 1. The molecule has 2 aromatic rings. The van der Waals surface area contributed by atoms with Crippen LogP contribution in [0.3, 0.4) is 0 Å². The highest BCUT2D eigenvalue weighted by Gasteiger charge is 2.15. The average Bonchev–Trinajstić information content (AvgIpc) is 2.77. The van der Waals surface area contributed by atoms with E-state index in [9.17, 15) is 4.79 Å². The van der Waals surface area contributed by atoms with Crippen LogP contribution in [0.5, 0.6) is 0 Å². The number of hydrogen-bond acceptors (Lipinski definition) is 3. The number of hydrogen-bond donors (Lipinski definition) is 1. The molecule has 0 aliphatic rings. The van der Waals surface area contributed by atoms with Crippen molar-refractivity contribution >= 4 is 33.5 Å². The second-order valence-corrected chi connectivity index (χ2v) is 4.78. The number of rotatable bonds is 3. The molecule has 0 fully saturated rings. The molecule has 0 saturated carbocycles. The highest BCUT2D eigenvalue weighted by Crippen LogP contribution is 2.25. The lowest BCUT2D eigenvalue weighted by atomic mass is 10.3. The van der Waals surface area contributed by atoms with Gasteiger partial charge >= 0.3 is 5.97 Å². The van der Waals surface area contributed by atoms with Gasteiger partial charge in [-0.25, -0.2) is 14.5 Å². The Balaban J connectivity index is 2.55. The van der Waals surface area contributed by atoms with Gasteiger partial charge < -0.3 is 5.11 Å². The van der Waals surface area contributed by atoms with Gasteiger partial charge in [-0.2, -0.15) is 0 Å². The predicted octanol–water partition coefficient (Wildman–Crippen LogP) is 2.94. The summed E-state index contributed by atoms with van der Waals surface area (Å²) < 4.78 is 2.22. The van der Waals surface area contributed by atoms with Crippen molar-refractivity contribution in [3.8, 4) is 5.69 Å². The van der Waals surface area contributed by atoms with Crippen LogP contribution in [0.2, 0.25) is 5.02 Å². The highest BCUT2D eigenvalue weighted by molar-refractivity contribution is 9.10. The Labute approximate surface area is 117 Å². The third-order valence-electron chi connectivity index (χ3n) is 2.33. The molecule has 0 unspecified atom stereocenters. The summed E-state index contributed by atoms with van der Waals surface area (Å²) in [4.78, 5) is 14.8. The molecule has 0 spiro atoms. The van der Waals surface area contributed by atoms with Gasteiger partial charge in [-0.3, -0.25) is 0 Å². The van der Waals surface area contributed by atoms with E-state index in [2.05, 4.69) is 26.0 Å². The molecule has 0 aliphatic heterocycles. The van der Waals surface area contributed by atoms with Crippen LogP contribution >= 0.6 is 27.5 Å². The minimum atomic E-state index is -1.14. The van der Waals surface area contributed by atoms with E-state index in [0.717, 1.165) is 4.47 Å². The molecule has 1 aromatic carbocycles. The SMILES string of the molecule is CCc1nc(C(=O)O)nn1-c1ccc(Cl)c(Br)c1. The van der Waals surface area contributed by atoms with E-state index in [4.69, 9.17) is 16.7 Å². The van der Waals surface area contributed by atoms with Crippen LogP contribution in [0.1, 0.15) is 23.4 Å². The second-order valence-electron chi connectivity index (χ2n) is 3.52. The highest BCUT2D eigenvalue weighted by atomic mass is 79.9. The van der Waals surface area contributed by atoms with Crippen LogP contribution in [0.4, 0.5) is 0 Å². The molecule has 18 heavy (non-hydrogen) atoms. The van der Waals surface area contributed by atoms with Gasteiger partial charge in [0.25, 0.3) is 5.82 Å². The number of halogens is 2. The number of carboxylic acid groups (broad SMARTS) is 1. The molecule has 7 heteroatoms. The number of aromatic nitrogens is 3. The molecule has 5 nitrogen and oxygen atoms in total. The van der Waals surface area contributed by atoms with Crippen molar-refractivity contribution in [3.05, 3.63) is 39.3 Å². The molecule has 0 atom stereocenters. The van der Waals surface area contributed by atoms with Crippen LogP contribution in [0, 0.1) is 0 Å². The van der Waals surface area contributed by atoms with Crippen molar-refractivity contribution < 1.29 is 9.90 Å². The standard InChI is InChI=1S/C11H9BrClN3O2/c1-2-9-14-10(11(17)18)15-16(9)6-3-4-8(13)7(12)5-6/h3-5H,2H2,1H3,(H,17,18). The molecular formula is C11H9BrClN3O2. The first-order valence-electron chi connectivity index (χ1n) is 5.17. The zero-order valence-electron chi connectivity index (χ0n) is 9.39. The maximum absolute atomic E-state index is 10.9. The maximum Gasteiger partial charge on any atom is 0.375 e. The van der Waals surface area contributed by atoms with Gasteiger partial charge in [0.15, 0.2) is 0 Å². The van der Waals surface area contributed by atoms with Gasteiger partial charge in [-0.1, -0.05) is 18.5 Å². The van der Waals surface area contributed by atoms with Crippen LogP contribution in [-0.4, -0.2) is 25.8 Å². The molecule has 0 amide bonds. The molecule has 1 N–H and O–H groups in total. The van der Waals surface area contributed by atoms with Gasteiger partial charge in [0.05, 0.1) is 10.7 Å². The smallest absolute Gasteiger partial charge is 0.375 e. The lowest BCUT2D eigenvalue weighted by Gasteiger charge is -2.05. The third kappa shape index (κ3) is 2.39. The minimum absolute atomic E-state index is 0.210. The molecule has 0 saturated heterocycles. The van der Waals surface area contributed by atoms with Gasteiger partial charge in [-0.05, 0) is 34.1 Å².